The van der Waals surface area contributed by atoms with Gasteiger partial charge in [-0.15, -0.1) is 0 Å². The minimum absolute atomic E-state index is 0.0740. The smallest absolute Gasteiger partial charge is 0.290 e. The van der Waals surface area contributed by atoms with E-state index in [-0.39, 0.29) is 18.4 Å². The second-order valence-electron chi connectivity index (χ2n) is 8.42. The van der Waals surface area contributed by atoms with Gasteiger partial charge < -0.3 is 19.4 Å². The van der Waals surface area contributed by atoms with E-state index in [9.17, 15) is 9.59 Å². The summed E-state index contributed by atoms with van der Waals surface area (Å²) in [7, 11) is 0. The van der Waals surface area contributed by atoms with Crippen LogP contribution in [0.5, 0.6) is 5.75 Å². The lowest BCUT2D eigenvalue weighted by atomic mass is 10.1. The van der Waals surface area contributed by atoms with Gasteiger partial charge in [-0.1, -0.05) is 36.4 Å². The van der Waals surface area contributed by atoms with Crippen molar-refractivity contribution in [3.8, 4) is 5.75 Å². The molecule has 1 aromatic heterocycles. The van der Waals surface area contributed by atoms with Gasteiger partial charge in [0.05, 0.1) is 6.54 Å². The third kappa shape index (κ3) is 4.62. The fourth-order valence-corrected chi connectivity index (χ4v) is 4.04. The van der Waals surface area contributed by atoms with Gasteiger partial charge in [-0.05, 0) is 31.0 Å². The highest BCUT2D eigenvalue weighted by Crippen LogP contribution is 2.28. The molecule has 0 radical (unpaired) electrons. The van der Waals surface area contributed by atoms with Crippen LogP contribution in [0.3, 0.4) is 0 Å². The van der Waals surface area contributed by atoms with Crippen LogP contribution in [-0.2, 0) is 11.4 Å². The van der Waals surface area contributed by atoms with E-state index in [4.69, 9.17) is 9.15 Å². The van der Waals surface area contributed by atoms with Crippen molar-refractivity contribution in [2.24, 2.45) is 0 Å². The van der Waals surface area contributed by atoms with Gasteiger partial charge in [-0.3, -0.25) is 14.5 Å². The van der Waals surface area contributed by atoms with Crippen LogP contribution in [0.25, 0.3) is 11.0 Å². The summed E-state index contributed by atoms with van der Waals surface area (Å²) < 4.78 is 11.9. The molecule has 1 N–H and O–H groups in total. The highest BCUT2D eigenvalue weighted by atomic mass is 16.5. The van der Waals surface area contributed by atoms with Gasteiger partial charge in [0.1, 0.15) is 17.9 Å². The van der Waals surface area contributed by atoms with Gasteiger partial charge in [0.2, 0.25) is 5.91 Å². The Kier molecular flexibility index (Phi) is 5.81. The number of carbonyl (C=O) groups excluding carboxylic acids is 2. The molecule has 2 fully saturated rings. The monoisotopic (exact) mass is 433 g/mol. The summed E-state index contributed by atoms with van der Waals surface area (Å²) in [5.41, 5.74) is 1.44. The third-order valence-corrected chi connectivity index (χ3v) is 5.99. The highest BCUT2D eigenvalue weighted by Gasteiger charge is 2.29. The maximum absolute atomic E-state index is 13.4. The van der Waals surface area contributed by atoms with Gasteiger partial charge in [0, 0.05) is 43.2 Å². The van der Waals surface area contributed by atoms with Crippen molar-refractivity contribution in [3.63, 3.8) is 0 Å². The van der Waals surface area contributed by atoms with Crippen LogP contribution in [0.15, 0.2) is 59.0 Å². The molecular weight excluding hydrogens is 406 g/mol. The SMILES string of the molecule is O=C(CN1CCN(C(=O)c2oc3ccccc3c2COc2ccccc2)CC1)NC1CC1. The van der Waals surface area contributed by atoms with E-state index >= 15 is 0 Å². The topological polar surface area (TPSA) is 75.0 Å². The van der Waals surface area contributed by atoms with Crippen LogP contribution in [0.1, 0.15) is 29.0 Å². The van der Waals surface area contributed by atoms with Gasteiger partial charge >= 0.3 is 0 Å². The molecule has 2 amide bonds. The van der Waals surface area contributed by atoms with E-state index in [2.05, 4.69) is 10.2 Å². The molecule has 1 saturated carbocycles. The van der Waals surface area contributed by atoms with Crippen LogP contribution < -0.4 is 10.1 Å². The molecule has 0 bridgehead atoms. The first-order valence-electron chi connectivity index (χ1n) is 11.2. The van der Waals surface area contributed by atoms with E-state index in [1.54, 1.807) is 4.90 Å². The summed E-state index contributed by atoms with van der Waals surface area (Å²) >= 11 is 0. The Bertz CT molecular complexity index is 1100. The number of nitrogens with zero attached hydrogens (tertiary/aromatic N) is 2. The van der Waals surface area contributed by atoms with E-state index in [0.29, 0.717) is 50.1 Å². The molecular formula is C25H27N3O4. The molecule has 166 valence electrons. The van der Waals surface area contributed by atoms with Crippen molar-refractivity contribution in [1.29, 1.82) is 0 Å². The number of hydrogen-bond donors (Lipinski definition) is 1. The molecule has 0 atom stereocenters. The molecule has 32 heavy (non-hydrogen) atoms. The number of furan rings is 1. The highest BCUT2D eigenvalue weighted by molar-refractivity contribution is 5.99. The fraction of sp³-hybridized carbons (Fsp3) is 0.360. The second-order valence-corrected chi connectivity index (χ2v) is 8.42. The molecule has 5 rings (SSSR count). The second kappa shape index (κ2) is 9.04. The maximum atomic E-state index is 13.4. The third-order valence-electron chi connectivity index (χ3n) is 5.99. The summed E-state index contributed by atoms with van der Waals surface area (Å²) in [5.74, 6) is 1.02. The predicted octanol–water partition coefficient (Wildman–Crippen LogP) is 3.05. The Morgan fingerprint density at radius 1 is 0.969 bits per heavy atom. The Balaban J connectivity index is 1.27. The molecule has 2 aliphatic rings. The number of benzene rings is 2. The van der Waals surface area contributed by atoms with Crippen LogP contribution in [0, 0.1) is 0 Å². The lowest BCUT2D eigenvalue weighted by Gasteiger charge is -2.34. The number of ether oxygens (including phenoxy) is 1. The standard InChI is InChI=1S/C25H27N3O4/c29-23(26-18-10-11-18)16-27-12-14-28(15-13-27)25(30)24-21(17-31-19-6-2-1-3-7-19)20-8-4-5-9-22(20)32-24/h1-9,18H,10-17H2,(H,26,29). The first kappa shape index (κ1) is 20.6. The lowest BCUT2D eigenvalue weighted by Crippen LogP contribution is -2.51. The first-order valence-corrected chi connectivity index (χ1v) is 11.2. The zero-order valence-electron chi connectivity index (χ0n) is 18.0. The van der Waals surface area contributed by atoms with Crippen LogP contribution >= 0.6 is 0 Å². The molecule has 7 heteroatoms. The van der Waals surface area contributed by atoms with Crippen molar-refractivity contribution in [1.82, 2.24) is 15.1 Å². The molecule has 1 aliphatic heterocycles. The maximum Gasteiger partial charge on any atom is 0.290 e. The van der Waals surface area contributed by atoms with Crippen LogP contribution in [0.4, 0.5) is 0 Å². The lowest BCUT2D eigenvalue weighted by molar-refractivity contribution is -0.122. The number of amides is 2. The van der Waals surface area contributed by atoms with Gasteiger partial charge in [0.25, 0.3) is 5.91 Å². The average molecular weight is 434 g/mol. The van der Waals surface area contributed by atoms with E-state index in [0.717, 1.165) is 29.5 Å². The number of para-hydroxylation sites is 2. The van der Waals surface area contributed by atoms with Gasteiger partial charge in [-0.2, -0.15) is 0 Å². The summed E-state index contributed by atoms with van der Waals surface area (Å²) in [6, 6.07) is 17.6. The van der Waals surface area contributed by atoms with Crippen molar-refractivity contribution in [2.75, 3.05) is 32.7 Å². The predicted molar refractivity (Wildman–Crippen MR) is 120 cm³/mol. The summed E-state index contributed by atoms with van der Waals surface area (Å²) in [6.45, 7) is 3.10. The largest absolute Gasteiger partial charge is 0.489 e. The van der Waals surface area contributed by atoms with Gasteiger partial charge in [-0.25, -0.2) is 0 Å². The molecule has 2 heterocycles. The number of hydrogen-bond acceptors (Lipinski definition) is 5. The molecule has 2 aromatic carbocycles. The molecule has 1 aliphatic carbocycles. The number of nitrogens with one attached hydrogen (secondary N) is 1. The molecule has 7 nitrogen and oxygen atoms in total. The minimum atomic E-state index is -0.130. The average Bonchev–Trinajstić information content (AvgIpc) is 3.56. The number of rotatable bonds is 7. The normalized spacial score (nSPS) is 16.8. The molecule has 0 spiro atoms. The zero-order chi connectivity index (χ0) is 21.9. The zero-order valence-corrected chi connectivity index (χ0v) is 18.0. The number of piperazine rings is 1. The Labute approximate surface area is 186 Å². The van der Waals surface area contributed by atoms with Crippen LogP contribution in [0.2, 0.25) is 0 Å². The summed E-state index contributed by atoms with van der Waals surface area (Å²) in [4.78, 5) is 29.3. The molecule has 3 aromatic rings. The Morgan fingerprint density at radius 2 is 1.69 bits per heavy atom. The van der Waals surface area contributed by atoms with E-state index in [1.165, 1.54) is 0 Å². The van der Waals surface area contributed by atoms with Crippen molar-refractivity contribution >= 4 is 22.8 Å². The van der Waals surface area contributed by atoms with Gasteiger partial charge in [0.15, 0.2) is 5.76 Å². The number of fused-ring (bicyclic) bond motifs is 1. The fourth-order valence-electron chi connectivity index (χ4n) is 4.04. The quantitative estimate of drug-likeness (QED) is 0.620. The van der Waals surface area contributed by atoms with E-state index < -0.39 is 0 Å². The molecule has 1 saturated heterocycles. The Hall–Kier alpha value is -3.32. The first-order chi connectivity index (χ1) is 15.7. The molecule has 0 unspecified atom stereocenters. The van der Waals surface area contributed by atoms with Crippen molar-refractivity contribution < 1.29 is 18.7 Å². The van der Waals surface area contributed by atoms with Crippen molar-refractivity contribution in [3.05, 3.63) is 65.9 Å². The Morgan fingerprint density at radius 3 is 2.44 bits per heavy atom. The van der Waals surface area contributed by atoms with Crippen molar-refractivity contribution in [2.45, 2.75) is 25.5 Å². The summed E-state index contributed by atoms with van der Waals surface area (Å²) in [5, 5.41) is 3.91. The van der Waals surface area contributed by atoms with Crippen LogP contribution in [-0.4, -0.2) is 60.4 Å². The van der Waals surface area contributed by atoms with E-state index in [1.807, 2.05) is 54.6 Å². The number of carbonyl (C=O) groups is 2. The minimum Gasteiger partial charge on any atom is -0.489 e. The summed E-state index contributed by atoms with van der Waals surface area (Å²) in [6.07, 6.45) is 2.17.